The molecule has 1 amide bonds. The number of nitrogens with zero attached hydrogens (tertiary/aromatic N) is 2. The summed E-state index contributed by atoms with van der Waals surface area (Å²) in [5.41, 5.74) is 1.94. The number of Topliss-reactive ketones (excluding diaryl/α,β-unsaturated/α-hetero) is 1. The molecule has 0 radical (unpaired) electrons. The molecule has 1 fully saturated rings. The van der Waals surface area contributed by atoms with E-state index in [0.717, 1.165) is 37.1 Å². The molecule has 0 spiro atoms. The summed E-state index contributed by atoms with van der Waals surface area (Å²) in [6.45, 7) is 7.29. The molecule has 2 aromatic rings. The molecule has 1 aromatic carbocycles. The Hall–Kier alpha value is -2.47. The van der Waals surface area contributed by atoms with Crippen LogP contribution >= 0.6 is 0 Å². The van der Waals surface area contributed by atoms with Gasteiger partial charge in [0.15, 0.2) is 11.6 Å². The SMILES string of the molecule is CC[C@@H](C(=O)Nc1cc(C)on1)N1CCC(C(=O)c2ccc(C)cc2)CC1. The van der Waals surface area contributed by atoms with Crippen molar-refractivity contribution in [2.75, 3.05) is 18.4 Å². The Balaban J connectivity index is 1.57. The zero-order chi connectivity index (χ0) is 19.4. The molecule has 1 aliphatic heterocycles. The molecule has 27 heavy (non-hydrogen) atoms. The molecular weight excluding hydrogens is 342 g/mol. The molecule has 3 rings (SSSR count). The minimum Gasteiger partial charge on any atom is -0.360 e. The van der Waals surface area contributed by atoms with Crippen LogP contribution in [0.15, 0.2) is 34.9 Å². The highest BCUT2D eigenvalue weighted by Crippen LogP contribution is 2.24. The van der Waals surface area contributed by atoms with E-state index in [1.807, 2.05) is 38.1 Å². The Kier molecular flexibility index (Phi) is 6.06. The number of hydrogen-bond acceptors (Lipinski definition) is 5. The number of aromatic nitrogens is 1. The van der Waals surface area contributed by atoms with Crippen LogP contribution in [0.1, 0.15) is 47.9 Å². The van der Waals surface area contributed by atoms with E-state index in [4.69, 9.17) is 4.52 Å². The molecule has 1 atom stereocenters. The second kappa shape index (κ2) is 8.48. The Bertz CT molecular complexity index is 789. The maximum Gasteiger partial charge on any atom is 0.242 e. The standard InChI is InChI=1S/C21H27N3O3/c1-4-18(21(26)22-19-13-15(3)27-23-19)24-11-9-17(10-12-24)20(25)16-7-5-14(2)6-8-16/h5-8,13,17-18H,4,9-12H2,1-3H3,(H,22,23,26)/t18-/m0/s1. The van der Waals surface area contributed by atoms with Crippen molar-refractivity contribution in [2.45, 2.75) is 46.1 Å². The second-order valence-corrected chi connectivity index (χ2v) is 7.28. The van der Waals surface area contributed by atoms with Gasteiger partial charge in [-0.1, -0.05) is 41.9 Å². The second-order valence-electron chi connectivity index (χ2n) is 7.28. The van der Waals surface area contributed by atoms with Gasteiger partial charge in [0.05, 0.1) is 6.04 Å². The normalized spacial score (nSPS) is 16.9. The summed E-state index contributed by atoms with van der Waals surface area (Å²) >= 11 is 0. The highest BCUT2D eigenvalue weighted by molar-refractivity contribution is 5.98. The fourth-order valence-corrected chi connectivity index (χ4v) is 3.67. The monoisotopic (exact) mass is 369 g/mol. The van der Waals surface area contributed by atoms with Crippen molar-refractivity contribution in [3.63, 3.8) is 0 Å². The fraction of sp³-hybridized carbons (Fsp3) is 0.476. The minimum atomic E-state index is -0.225. The van der Waals surface area contributed by atoms with Crippen LogP contribution in [0, 0.1) is 19.8 Å². The lowest BCUT2D eigenvalue weighted by atomic mass is 9.88. The van der Waals surface area contributed by atoms with Crippen LogP contribution in [0.4, 0.5) is 5.82 Å². The fourth-order valence-electron chi connectivity index (χ4n) is 3.67. The number of piperidine rings is 1. The number of anilines is 1. The molecule has 2 heterocycles. The number of hydrogen-bond donors (Lipinski definition) is 1. The lowest BCUT2D eigenvalue weighted by Crippen LogP contribution is -2.48. The van der Waals surface area contributed by atoms with Gasteiger partial charge in [-0.15, -0.1) is 0 Å². The number of amides is 1. The first kappa shape index (κ1) is 19.3. The first-order chi connectivity index (χ1) is 13.0. The number of carbonyl (C=O) groups is 2. The first-order valence-electron chi connectivity index (χ1n) is 9.57. The van der Waals surface area contributed by atoms with Gasteiger partial charge in [0.2, 0.25) is 5.91 Å². The third-order valence-electron chi connectivity index (χ3n) is 5.25. The molecule has 6 nitrogen and oxygen atoms in total. The number of nitrogens with one attached hydrogen (secondary N) is 1. The van der Waals surface area contributed by atoms with Crippen LogP contribution in [0.3, 0.4) is 0 Å². The van der Waals surface area contributed by atoms with Crippen LogP contribution in [0.25, 0.3) is 0 Å². The van der Waals surface area contributed by atoms with Gasteiger partial charge in [-0.05, 0) is 46.2 Å². The smallest absolute Gasteiger partial charge is 0.242 e. The number of ketones is 1. The molecule has 144 valence electrons. The average Bonchev–Trinajstić information content (AvgIpc) is 3.07. The number of likely N-dealkylation sites (tertiary alicyclic amines) is 1. The minimum absolute atomic E-state index is 0.0303. The van der Waals surface area contributed by atoms with Gasteiger partial charge in [0.1, 0.15) is 5.76 Å². The number of benzene rings is 1. The van der Waals surface area contributed by atoms with Gasteiger partial charge in [0, 0.05) is 17.5 Å². The van der Waals surface area contributed by atoms with Crippen molar-refractivity contribution in [3.8, 4) is 0 Å². The van der Waals surface area contributed by atoms with Crippen LogP contribution in [-0.4, -0.2) is 40.9 Å². The number of carbonyl (C=O) groups excluding carboxylic acids is 2. The predicted molar refractivity (Wildman–Crippen MR) is 104 cm³/mol. The molecule has 1 N–H and O–H groups in total. The van der Waals surface area contributed by atoms with Crippen molar-refractivity contribution < 1.29 is 14.1 Å². The maximum atomic E-state index is 12.7. The summed E-state index contributed by atoms with van der Waals surface area (Å²) in [7, 11) is 0. The zero-order valence-electron chi connectivity index (χ0n) is 16.2. The van der Waals surface area contributed by atoms with Crippen molar-refractivity contribution in [3.05, 3.63) is 47.2 Å². The molecule has 6 heteroatoms. The first-order valence-corrected chi connectivity index (χ1v) is 9.57. The van der Waals surface area contributed by atoms with Gasteiger partial charge in [0.25, 0.3) is 0 Å². The number of rotatable bonds is 6. The van der Waals surface area contributed by atoms with Crippen LogP contribution in [0.5, 0.6) is 0 Å². The van der Waals surface area contributed by atoms with E-state index in [1.165, 1.54) is 0 Å². The highest BCUT2D eigenvalue weighted by atomic mass is 16.5. The van der Waals surface area contributed by atoms with E-state index in [2.05, 4.69) is 15.4 Å². The average molecular weight is 369 g/mol. The maximum absolute atomic E-state index is 12.7. The zero-order valence-corrected chi connectivity index (χ0v) is 16.2. The van der Waals surface area contributed by atoms with Crippen LogP contribution < -0.4 is 5.32 Å². The Morgan fingerprint density at radius 2 is 1.89 bits per heavy atom. The highest BCUT2D eigenvalue weighted by Gasteiger charge is 2.31. The van der Waals surface area contributed by atoms with Crippen molar-refractivity contribution in [1.82, 2.24) is 10.1 Å². The third kappa shape index (κ3) is 4.63. The Morgan fingerprint density at radius 1 is 1.22 bits per heavy atom. The summed E-state index contributed by atoms with van der Waals surface area (Å²) < 4.78 is 5.00. The van der Waals surface area contributed by atoms with Gasteiger partial charge in [-0.3, -0.25) is 14.5 Å². The van der Waals surface area contributed by atoms with E-state index in [-0.39, 0.29) is 23.7 Å². The molecule has 1 aliphatic rings. The van der Waals surface area contributed by atoms with Gasteiger partial charge in [-0.25, -0.2) is 0 Å². The Morgan fingerprint density at radius 3 is 2.44 bits per heavy atom. The third-order valence-corrected chi connectivity index (χ3v) is 5.25. The van der Waals surface area contributed by atoms with E-state index in [0.29, 0.717) is 18.0 Å². The van der Waals surface area contributed by atoms with Gasteiger partial charge < -0.3 is 9.84 Å². The number of aryl methyl sites for hydroxylation is 2. The lowest BCUT2D eigenvalue weighted by Gasteiger charge is -2.35. The van der Waals surface area contributed by atoms with Gasteiger partial charge in [-0.2, -0.15) is 0 Å². The lowest BCUT2D eigenvalue weighted by molar-refractivity contribution is -0.122. The molecule has 0 unspecified atom stereocenters. The molecule has 1 saturated heterocycles. The topological polar surface area (TPSA) is 75.4 Å². The summed E-state index contributed by atoms with van der Waals surface area (Å²) in [4.78, 5) is 27.5. The van der Waals surface area contributed by atoms with Crippen molar-refractivity contribution in [2.24, 2.45) is 5.92 Å². The summed E-state index contributed by atoms with van der Waals surface area (Å²) in [5, 5.41) is 6.65. The molecule has 0 aliphatic carbocycles. The van der Waals surface area contributed by atoms with Crippen LogP contribution in [-0.2, 0) is 4.79 Å². The summed E-state index contributed by atoms with van der Waals surface area (Å²) in [5.74, 6) is 1.27. The quantitative estimate of drug-likeness (QED) is 0.788. The van der Waals surface area contributed by atoms with E-state index in [1.54, 1.807) is 13.0 Å². The molecule has 0 saturated carbocycles. The van der Waals surface area contributed by atoms with Gasteiger partial charge >= 0.3 is 0 Å². The van der Waals surface area contributed by atoms with E-state index >= 15 is 0 Å². The largest absolute Gasteiger partial charge is 0.360 e. The summed E-state index contributed by atoms with van der Waals surface area (Å²) in [6.07, 6.45) is 2.26. The molecule has 0 bridgehead atoms. The summed E-state index contributed by atoms with van der Waals surface area (Å²) in [6, 6.07) is 9.25. The van der Waals surface area contributed by atoms with Crippen molar-refractivity contribution in [1.29, 1.82) is 0 Å². The molecular formula is C21H27N3O3. The Labute approximate surface area is 159 Å². The predicted octanol–water partition coefficient (Wildman–Crippen LogP) is 3.60. The van der Waals surface area contributed by atoms with E-state index in [9.17, 15) is 9.59 Å². The van der Waals surface area contributed by atoms with Crippen molar-refractivity contribution >= 4 is 17.5 Å². The van der Waals surface area contributed by atoms with E-state index < -0.39 is 0 Å². The van der Waals surface area contributed by atoms with Crippen LogP contribution in [0.2, 0.25) is 0 Å². The molecule has 1 aromatic heterocycles.